The van der Waals surface area contributed by atoms with Gasteiger partial charge in [0.25, 0.3) is 5.91 Å². The normalized spacial score (nSPS) is 12.5. The highest BCUT2D eigenvalue weighted by atomic mass is 16.5. The molecule has 3 rings (SSSR count). The topological polar surface area (TPSA) is 67.6 Å². The van der Waals surface area contributed by atoms with Crippen molar-refractivity contribution in [3.05, 3.63) is 35.0 Å². The molecule has 1 aliphatic rings. The molecule has 0 bridgehead atoms. The van der Waals surface area contributed by atoms with Gasteiger partial charge in [-0.15, -0.1) is 0 Å². The summed E-state index contributed by atoms with van der Waals surface area (Å²) in [4.78, 5) is 14.2. The van der Waals surface area contributed by atoms with Crippen LogP contribution in [0.5, 0.6) is 5.75 Å². The van der Waals surface area contributed by atoms with E-state index in [2.05, 4.69) is 10.5 Å². The second-order valence-electron chi connectivity index (χ2n) is 5.69. The van der Waals surface area contributed by atoms with Crippen LogP contribution in [0.4, 0.5) is 0 Å². The molecule has 116 valence electrons. The highest BCUT2D eigenvalue weighted by Gasteiger charge is 2.28. The summed E-state index contributed by atoms with van der Waals surface area (Å²) < 4.78 is 11.1. The Balaban J connectivity index is 1.84. The fourth-order valence-electron chi connectivity index (χ4n) is 2.41. The molecule has 2 heterocycles. The number of aromatic nitrogens is 1. The number of benzene rings is 1. The molecule has 1 aromatic carbocycles. The van der Waals surface area contributed by atoms with E-state index in [0.717, 1.165) is 23.4 Å². The Morgan fingerprint density at radius 1 is 1.41 bits per heavy atom. The first-order chi connectivity index (χ1) is 10.6. The molecule has 0 saturated heterocycles. The number of carbonyl (C=O) groups excluding carboxylic acids is 1. The molecule has 0 unspecified atom stereocenters. The number of likely N-dealkylation sites (N-methyl/N-ethyl adjacent to an activating group) is 1. The van der Waals surface area contributed by atoms with Crippen molar-refractivity contribution in [3.8, 4) is 17.1 Å². The van der Waals surface area contributed by atoms with Gasteiger partial charge < -0.3 is 19.5 Å². The molecule has 0 radical (unpaired) electrons. The standard InChI is InChI=1S/C16H19N3O3/c1-10-4-5-13-11(8-10)15-12(9-21-13)14(18-22-15)16(20)17-6-7-19(2)3/h4-5,8H,6-7,9H2,1-3H3,(H,17,20). The van der Waals surface area contributed by atoms with Gasteiger partial charge in [0.05, 0.1) is 11.1 Å². The zero-order valence-corrected chi connectivity index (χ0v) is 13.0. The number of hydrogen-bond acceptors (Lipinski definition) is 5. The Kier molecular flexibility index (Phi) is 3.85. The summed E-state index contributed by atoms with van der Waals surface area (Å²) in [5.41, 5.74) is 2.96. The monoisotopic (exact) mass is 301 g/mol. The largest absolute Gasteiger partial charge is 0.488 e. The predicted octanol–water partition coefficient (Wildman–Crippen LogP) is 1.83. The van der Waals surface area contributed by atoms with Crippen LogP contribution in [0.1, 0.15) is 21.6 Å². The van der Waals surface area contributed by atoms with E-state index in [1.807, 2.05) is 44.1 Å². The van der Waals surface area contributed by atoms with Crippen molar-refractivity contribution in [2.24, 2.45) is 0 Å². The maximum atomic E-state index is 12.2. The maximum Gasteiger partial charge on any atom is 0.273 e. The van der Waals surface area contributed by atoms with E-state index in [1.54, 1.807) is 0 Å². The van der Waals surface area contributed by atoms with Crippen LogP contribution in [0.3, 0.4) is 0 Å². The van der Waals surface area contributed by atoms with Crippen LogP contribution in [0.25, 0.3) is 11.3 Å². The first kappa shape index (κ1) is 14.6. The van der Waals surface area contributed by atoms with Crippen molar-refractivity contribution in [2.75, 3.05) is 27.2 Å². The number of amides is 1. The summed E-state index contributed by atoms with van der Waals surface area (Å²) in [7, 11) is 3.91. The molecule has 0 atom stereocenters. The molecular weight excluding hydrogens is 282 g/mol. The van der Waals surface area contributed by atoms with Gasteiger partial charge in [0, 0.05) is 13.1 Å². The van der Waals surface area contributed by atoms with E-state index < -0.39 is 0 Å². The highest BCUT2D eigenvalue weighted by molar-refractivity contribution is 5.95. The average molecular weight is 301 g/mol. The lowest BCUT2D eigenvalue weighted by molar-refractivity contribution is 0.0940. The quantitative estimate of drug-likeness (QED) is 0.933. The number of hydrogen-bond donors (Lipinski definition) is 1. The van der Waals surface area contributed by atoms with Gasteiger partial charge in [-0.1, -0.05) is 16.8 Å². The second-order valence-corrected chi connectivity index (χ2v) is 5.69. The van der Waals surface area contributed by atoms with Crippen molar-refractivity contribution in [1.82, 2.24) is 15.4 Å². The molecule has 22 heavy (non-hydrogen) atoms. The third-order valence-corrected chi connectivity index (χ3v) is 3.60. The summed E-state index contributed by atoms with van der Waals surface area (Å²) in [6.45, 7) is 3.62. The third-order valence-electron chi connectivity index (χ3n) is 3.60. The van der Waals surface area contributed by atoms with Gasteiger partial charge in [-0.25, -0.2) is 0 Å². The molecular formula is C16H19N3O3. The Morgan fingerprint density at radius 2 is 2.23 bits per heavy atom. The maximum absolute atomic E-state index is 12.2. The molecule has 1 aromatic heterocycles. The van der Waals surface area contributed by atoms with Gasteiger partial charge in [-0.3, -0.25) is 4.79 Å². The van der Waals surface area contributed by atoms with Crippen LogP contribution >= 0.6 is 0 Å². The molecule has 1 aliphatic heterocycles. The highest BCUT2D eigenvalue weighted by Crippen LogP contribution is 2.39. The average Bonchev–Trinajstić information content (AvgIpc) is 2.91. The molecule has 6 nitrogen and oxygen atoms in total. The van der Waals surface area contributed by atoms with E-state index >= 15 is 0 Å². The Hall–Kier alpha value is -2.34. The van der Waals surface area contributed by atoms with Gasteiger partial charge in [-0.2, -0.15) is 0 Å². The van der Waals surface area contributed by atoms with Crippen LogP contribution in [0, 0.1) is 6.92 Å². The second kappa shape index (κ2) is 5.81. The smallest absolute Gasteiger partial charge is 0.273 e. The van der Waals surface area contributed by atoms with E-state index in [9.17, 15) is 4.79 Å². The van der Waals surface area contributed by atoms with Gasteiger partial charge in [-0.05, 0) is 33.2 Å². The molecule has 0 saturated carbocycles. The van der Waals surface area contributed by atoms with Crippen molar-refractivity contribution >= 4 is 5.91 Å². The summed E-state index contributed by atoms with van der Waals surface area (Å²) in [5.74, 6) is 1.16. The fourth-order valence-corrected chi connectivity index (χ4v) is 2.41. The zero-order valence-electron chi connectivity index (χ0n) is 13.0. The minimum atomic E-state index is -0.230. The van der Waals surface area contributed by atoms with Gasteiger partial charge in [0.1, 0.15) is 12.4 Å². The number of nitrogens with zero attached hydrogens (tertiary/aromatic N) is 2. The lowest BCUT2D eigenvalue weighted by Crippen LogP contribution is -2.32. The summed E-state index contributed by atoms with van der Waals surface area (Å²) in [6.07, 6.45) is 0. The van der Waals surface area contributed by atoms with Gasteiger partial charge in [0.2, 0.25) is 0 Å². The van der Waals surface area contributed by atoms with Crippen LogP contribution in [-0.4, -0.2) is 43.1 Å². The van der Waals surface area contributed by atoms with E-state index in [0.29, 0.717) is 30.2 Å². The van der Waals surface area contributed by atoms with Crippen LogP contribution < -0.4 is 10.1 Å². The van der Waals surface area contributed by atoms with Gasteiger partial charge >= 0.3 is 0 Å². The molecule has 1 N–H and O–H groups in total. The molecule has 0 aliphatic carbocycles. The van der Waals surface area contributed by atoms with Crippen molar-refractivity contribution in [2.45, 2.75) is 13.5 Å². The first-order valence-corrected chi connectivity index (χ1v) is 7.21. The minimum Gasteiger partial charge on any atom is -0.488 e. The number of rotatable bonds is 4. The number of fused-ring (bicyclic) bond motifs is 3. The predicted molar refractivity (Wildman–Crippen MR) is 81.9 cm³/mol. The number of nitrogens with one attached hydrogen (secondary N) is 1. The fraction of sp³-hybridized carbons (Fsp3) is 0.375. The molecule has 0 spiro atoms. The molecule has 2 aromatic rings. The van der Waals surface area contributed by atoms with E-state index in [-0.39, 0.29) is 5.91 Å². The zero-order chi connectivity index (χ0) is 15.7. The Labute approximate surface area is 129 Å². The first-order valence-electron chi connectivity index (χ1n) is 7.21. The Morgan fingerprint density at radius 3 is 3.00 bits per heavy atom. The molecule has 0 fully saturated rings. The van der Waals surface area contributed by atoms with Gasteiger partial charge in [0.15, 0.2) is 11.5 Å². The number of ether oxygens (including phenoxy) is 1. The molecule has 1 amide bonds. The summed E-state index contributed by atoms with van der Waals surface area (Å²) in [6, 6.07) is 5.87. The van der Waals surface area contributed by atoms with Crippen molar-refractivity contribution < 1.29 is 14.1 Å². The Bertz CT molecular complexity index is 707. The van der Waals surface area contributed by atoms with Crippen LogP contribution in [0.15, 0.2) is 22.7 Å². The van der Waals surface area contributed by atoms with Crippen LogP contribution in [-0.2, 0) is 6.61 Å². The minimum absolute atomic E-state index is 0.230. The van der Waals surface area contributed by atoms with Crippen LogP contribution in [0.2, 0.25) is 0 Å². The third kappa shape index (κ3) is 2.69. The summed E-state index contributed by atoms with van der Waals surface area (Å²) >= 11 is 0. The molecule has 6 heteroatoms. The SMILES string of the molecule is Cc1ccc2c(c1)-c1onc(C(=O)NCCN(C)C)c1CO2. The van der Waals surface area contributed by atoms with E-state index in [4.69, 9.17) is 9.26 Å². The van der Waals surface area contributed by atoms with Crippen molar-refractivity contribution in [1.29, 1.82) is 0 Å². The summed E-state index contributed by atoms with van der Waals surface area (Å²) in [5, 5.41) is 6.79. The number of carbonyl (C=O) groups is 1. The lowest BCUT2D eigenvalue weighted by Gasteiger charge is -2.16. The number of aryl methyl sites for hydroxylation is 1. The van der Waals surface area contributed by atoms with E-state index in [1.165, 1.54) is 0 Å². The lowest BCUT2D eigenvalue weighted by atomic mass is 10.0. The van der Waals surface area contributed by atoms with Crippen molar-refractivity contribution in [3.63, 3.8) is 0 Å².